The molecule has 2 aromatic heterocycles. The third-order valence-corrected chi connectivity index (χ3v) is 6.84. The fourth-order valence-electron chi connectivity index (χ4n) is 2.93. The van der Waals surface area contributed by atoms with Crippen LogP contribution in [0.4, 0.5) is 10.1 Å². The number of hydrogen-bond donors (Lipinski definition) is 0. The van der Waals surface area contributed by atoms with E-state index < -0.39 is 5.97 Å². The molecule has 3 heterocycles. The minimum Gasteiger partial charge on any atom is -0.468 e. The first kappa shape index (κ1) is 19.4. The van der Waals surface area contributed by atoms with E-state index in [2.05, 4.69) is 4.98 Å². The zero-order chi connectivity index (χ0) is 20.5. The molecule has 0 saturated carbocycles. The van der Waals surface area contributed by atoms with Crippen LogP contribution in [0.1, 0.15) is 5.69 Å². The highest BCUT2D eigenvalue weighted by Gasteiger charge is 2.25. The molecule has 0 fully saturated rings. The van der Waals surface area contributed by atoms with Crippen molar-refractivity contribution in [2.24, 2.45) is 0 Å². The Hall–Kier alpha value is -2.91. The summed E-state index contributed by atoms with van der Waals surface area (Å²) in [6, 6.07) is 9.99. The van der Waals surface area contributed by atoms with Crippen molar-refractivity contribution < 1.29 is 13.9 Å². The van der Waals surface area contributed by atoms with Crippen molar-refractivity contribution in [1.82, 2.24) is 9.55 Å². The maximum Gasteiger partial charge on any atom is 0.325 e. The molecule has 1 aliphatic heterocycles. The molecule has 0 bridgehead atoms. The molecule has 0 amide bonds. The van der Waals surface area contributed by atoms with Gasteiger partial charge in [0.25, 0.3) is 5.56 Å². The van der Waals surface area contributed by atoms with Gasteiger partial charge in [0.1, 0.15) is 26.6 Å². The molecular formula is C20H16FN3O3S2. The summed E-state index contributed by atoms with van der Waals surface area (Å²) in [7, 11) is 3.11. The predicted octanol–water partition coefficient (Wildman–Crippen LogP) is 1.75. The van der Waals surface area contributed by atoms with E-state index in [1.54, 1.807) is 24.4 Å². The van der Waals surface area contributed by atoms with Crippen LogP contribution in [0.25, 0.3) is 11.1 Å². The van der Waals surface area contributed by atoms with Crippen molar-refractivity contribution in [3.05, 3.63) is 73.7 Å². The highest BCUT2D eigenvalue weighted by molar-refractivity contribution is 8.08. The minimum absolute atomic E-state index is 0.201. The van der Waals surface area contributed by atoms with Gasteiger partial charge in [0, 0.05) is 18.1 Å². The number of fused-ring (bicyclic) bond motifs is 1. The van der Waals surface area contributed by atoms with Crippen molar-refractivity contribution in [2.45, 2.75) is 11.4 Å². The Morgan fingerprint density at radius 1 is 1.31 bits per heavy atom. The Bertz CT molecular complexity index is 1270. The molecule has 1 aromatic carbocycles. The molecule has 0 radical (unpaired) electrons. The predicted molar refractivity (Wildman–Crippen MR) is 112 cm³/mol. The third-order valence-electron chi connectivity index (χ3n) is 4.37. The van der Waals surface area contributed by atoms with E-state index in [1.165, 1.54) is 46.9 Å². The van der Waals surface area contributed by atoms with Crippen LogP contribution in [-0.2, 0) is 16.1 Å². The van der Waals surface area contributed by atoms with Crippen LogP contribution in [0, 0.1) is 5.82 Å². The summed E-state index contributed by atoms with van der Waals surface area (Å²) >= 11 is 2.60. The van der Waals surface area contributed by atoms with E-state index in [1.807, 2.05) is 24.1 Å². The van der Waals surface area contributed by atoms with Crippen LogP contribution in [0.3, 0.4) is 0 Å². The van der Waals surface area contributed by atoms with Gasteiger partial charge in [-0.3, -0.25) is 19.1 Å². The monoisotopic (exact) mass is 429 g/mol. The van der Waals surface area contributed by atoms with Crippen LogP contribution in [0.15, 0.2) is 52.3 Å². The van der Waals surface area contributed by atoms with E-state index in [0.717, 1.165) is 10.6 Å². The van der Waals surface area contributed by atoms with Gasteiger partial charge in [0.15, 0.2) is 0 Å². The molecule has 0 N–H and O–H groups in total. The first-order chi connectivity index (χ1) is 14.0. The Balaban J connectivity index is 1.93. The SMILES string of the molecule is COC(=O)Cn1c(=O)/c(=C2\Sc3cc(F)ccc3N2C)s/c1=C\c1ccccn1. The molecule has 9 heteroatoms. The average molecular weight is 429 g/mol. The van der Waals surface area contributed by atoms with Gasteiger partial charge in [-0.1, -0.05) is 17.8 Å². The quantitative estimate of drug-likeness (QED) is 0.591. The van der Waals surface area contributed by atoms with E-state index in [4.69, 9.17) is 4.74 Å². The minimum atomic E-state index is -0.519. The number of carbonyl (C=O) groups is 1. The largest absolute Gasteiger partial charge is 0.468 e. The number of methoxy groups -OCH3 is 1. The molecule has 6 nitrogen and oxygen atoms in total. The van der Waals surface area contributed by atoms with Gasteiger partial charge in [0.05, 0.1) is 18.5 Å². The summed E-state index contributed by atoms with van der Waals surface area (Å²) in [5, 5.41) is 0.694. The number of rotatable bonds is 3. The van der Waals surface area contributed by atoms with E-state index >= 15 is 0 Å². The van der Waals surface area contributed by atoms with Crippen LogP contribution >= 0.6 is 23.1 Å². The lowest BCUT2D eigenvalue weighted by molar-refractivity contribution is -0.141. The molecule has 1 aliphatic rings. The number of nitrogens with zero attached hydrogens (tertiary/aromatic N) is 3. The van der Waals surface area contributed by atoms with E-state index in [-0.39, 0.29) is 17.9 Å². The summed E-state index contributed by atoms with van der Waals surface area (Å²) in [5.41, 5.74) is 1.20. The van der Waals surface area contributed by atoms with Crippen LogP contribution < -0.4 is 19.7 Å². The highest BCUT2D eigenvalue weighted by Crippen LogP contribution is 2.45. The van der Waals surface area contributed by atoms with Gasteiger partial charge in [-0.05, 0) is 36.4 Å². The lowest BCUT2D eigenvalue weighted by Gasteiger charge is -2.12. The first-order valence-corrected chi connectivity index (χ1v) is 10.3. The van der Waals surface area contributed by atoms with Gasteiger partial charge in [-0.2, -0.15) is 0 Å². The van der Waals surface area contributed by atoms with E-state index in [0.29, 0.717) is 19.9 Å². The highest BCUT2D eigenvalue weighted by atomic mass is 32.2. The number of pyridine rings is 1. The Morgan fingerprint density at radius 3 is 2.86 bits per heavy atom. The second-order valence-electron chi connectivity index (χ2n) is 6.21. The standard InChI is InChI=1S/C20H16FN3O3S2/c1-23-14-7-6-12(21)9-15(14)28-20(23)18-19(26)24(11-17(25)27-2)16(29-18)10-13-5-3-4-8-22-13/h3-10H,11H2,1-2H3/b16-10-,20-18+. The van der Waals surface area contributed by atoms with Gasteiger partial charge >= 0.3 is 5.97 Å². The number of thioether (sulfide) groups is 1. The number of hydrogen-bond acceptors (Lipinski definition) is 7. The summed E-state index contributed by atoms with van der Waals surface area (Å²) in [5.74, 6) is -0.848. The van der Waals surface area contributed by atoms with Crippen LogP contribution in [-0.4, -0.2) is 29.7 Å². The molecule has 0 atom stereocenters. The van der Waals surface area contributed by atoms with Crippen molar-refractivity contribution in [2.75, 3.05) is 19.1 Å². The van der Waals surface area contributed by atoms with Crippen molar-refractivity contribution in [3.8, 4) is 0 Å². The van der Waals surface area contributed by atoms with Gasteiger partial charge in [0.2, 0.25) is 0 Å². The van der Waals surface area contributed by atoms with Crippen molar-refractivity contribution in [3.63, 3.8) is 0 Å². The summed E-state index contributed by atoms with van der Waals surface area (Å²) in [6.07, 6.45) is 3.41. The second-order valence-corrected chi connectivity index (χ2v) is 8.28. The number of carbonyl (C=O) groups excluding carboxylic acids is 1. The molecule has 0 unspecified atom stereocenters. The number of thiazole rings is 1. The molecule has 29 heavy (non-hydrogen) atoms. The summed E-state index contributed by atoms with van der Waals surface area (Å²) < 4.78 is 20.8. The van der Waals surface area contributed by atoms with Gasteiger partial charge in [-0.25, -0.2) is 4.39 Å². The maximum atomic E-state index is 13.6. The Labute approximate surface area is 173 Å². The topological polar surface area (TPSA) is 64.4 Å². The second kappa shape index (κ2) is 7.84. The molecule has 4 rings (SSSR count). The Kier molecular flexibility index (Phi) is 5.25. The zero-order valence-corrected chi connectivity index (χ0v) is 17.2. The van der Waals surface area contributed by atoms with Crippen LogP contribution in [0.2, 0.25) is 0 Å². The number of anilines is 1. The number of benzene rings is 1. The molecule has 3 aromatic rings. The first-order valence-electron chi connectivity index (χ1n) is 8.62. The molecule has 0 saturated heterocycles. The summed E-state index contributed by atoms with van der Waals surface area (Å²) in [4.78, 5) is 31.9. The van der Waals surface area contributed by atoms with Crippen LogP contribution in [0.5, 0.6) is 0 Å². The lowest BCUT2D eigenvalue weighted by Crippen LogP contribution is -2.36. The number of halogens is 1. The normalized spacial score (nSPS) is 15.6. The molecular weight excluding hydrogens is 413 g/mol. The Morgan fingerprint density at radius 2 is 2.14 bits per heavy atom. The average Bonchev–Trinajstić information content (AvgIpc) is 3.19. The van der Waals surface area contributed by atoms with Gasteiger partial charge in [-0.15, -0.1) is 11.3 Å². The summed E-state index contributed by atoms with van der Waals surface area (Å²) in [6.45, 7) is -0.201. The number of esters is 1. The molecule has 0 aliphatic carbocycles. The van der Waals surface area contributed by atoms with Crippen molar-refractivity contribution in [1.29, 1.82) is 0 Å². The van der Waals surface area contributed by atoms with Gasteiger partial charge < -0.3 is 9.64 Å². The fourth-order valence-corrected chi connectivity index (χ4v) is 5.35. The lowest BCUT2D eigenvalue weighted by atomic mass is 10.3. The number of aromatic nitrogens is 2. The molecule has 148 valence electrons. The van der Waals surface area contributed by atoms with E-state index in [9.17, 15) is 14.0 Å². The van der Waals surface area contributed by atoms with Crippen molar-refractivity contribution >= 4 is 45.9 Å². The third kappa shape index (κ3) is 3.70. The zero-order valence-electron chi connectivity index (χ0n) is 15.6. The maximum absolute atomic E-state index is 13.6. The fraction of sp³-hybridized carbons (Fsp3) is 0.150. The smallest absolute Gasteiger partial charge is 0.325 e. The number of ether oxygens (including phenoxy) is 1. The molecule has 0 spiro atoms.